The van der Waals surface area contributed by atoms with Crippen LogP contribution in [0.25, 0.3) is 0 Å². The normalized spacial score (nSPS) is 44.3. The SMILES string of the molecule is CCC(=O)OCC(=O)[C@]1(OC(=O)CC)[C@H](C)C[C@H]2[C@@H]3[C@H](Cl)CC4=CC(=O)C=C[C@]4(C)[C@@]3(Cl)[C@@H](F)C[C@@]21C. The van der Waals surface area contributed by atoms with E-state index in [2.05, 4.69) is 0 Å². The second kappa shape index (κ2) is 9.48. The molecule has 4 aliphatic rings. The van der Waals surface area contributed by atoms with Gasteiger partial charge in [0, 0.05) is 40.9 Å². The van der Waals surface area contributed by atoms with E-state index in [4.69, 9.17) is 32.7 Å². The zero-order valence-electron chi connectivity index (χ0n) is 21.9. The van der Waals surface area contributed by atoms with E-state index < -0.39 is 69.0 Å². The van der Waals surface area contributed by atoms with Crippen molar-refractivity contribution in [3.05, 3.63) is 23.8 Å². The Kier molecular flexibility index (Phi) is 7.24. The number of allylic oxidation sites excluding steroid dienone is 4. The third kappa shape index (κ3) is 3.77. The quantitative estimate of drug-likeness (QED) is 0.326. The number of hydrogen-bond acceptors (Lipinski definition) is 6. The molecular formula is C28H35Cl2FO6. The minimum absolute atomic E-state index is 0.0301. The number of Topliss-reactive ketones (excluding diaryl/α,β-unsaturated/α-hetero) is 1. The maximum atomic E-state index is 16.7. The Bertz CT molecular complexity index is 1090. The maximum Gasteiger partial charge on any atom is 0.306 e. The smallest absolute Gasteiger partial charge is 0.306 e. The molecule has 0 unspecified atom stereocenters. The van der Waals surface area contributed by atoms with Crippen LogP contribution in [0, 0.1) is 28.6 Å². The average molecular weight is 557 g/mol. The Morgan fingerprint density at radius 2 is 1.81 bits per heavy atom. The monoisotopic (exact) mass is 556 g/mol. The lowest BCUT2D eigenvalue weighted by atomic mass is 9.45. The van der Waals surface area contributed by atoms with E-state index in [-0.39, 0.29) is 31.0 Å². The van der Waals surface area contributed by atoms with E-state index >= 15 is 4.39 Å². The minimum atomic E-state index is -1.70. The predicted molar refractivity (Wildman–Crippen MR) is 137 cm³/mol. The van der Waals surface area contributed by atoms with Crippen LogP contribution in [-0.2, 0) is 28.7 Å². The van der Waals surface area contributed by atoms with Gasteiger partial charge in [-0.15, -0.1) is 23.2 Å². The van der Waals surface area contributed by atoms with Crippen molar-refractivity contribution in [1.29, 1.82) is 0 Å². The van der Waals surface area contributed by atoms with Gasteiger partial charge < -0.3 is 9.47 Å². The first kappa shape index (κ1) is 28.3. The summed E-state index contributed by atoms with van der Waals surface area (Å²) >= 11 is 14.4. The Labute approximate surface area is 227 Å². The second-order valence-electron chi connectivity index (χ2n) is 11.5. The Morgan fingerprint density at radius 1 is 1.16 bits per heavy atom. The molecule has 0 aromatic rings. The van der Waals surface area contributed by atoms with Gasteiger partial charge in [-0.25, -0.2) is 4.39 Å². The van der Waals surface area contributed by atoms with Crippen LogP contribution in [0.5, 0.6) is 0 Å². The van der Waals surface area contributed by atoms with E-state index in [1.165, 1.54) is 12.2 Å². The number of rotatable bonds is 6. The fraction of sp³-hybridized carbons (Fsp3) is 0.714. The summed E-state index contributed by atoms with van der Waals surface area (Å²) < 4.78 is 27.9. The summed E-state index contributed by atoms with van der Waals surface area (Å²) in [6.45, 7) is 8.12. The number of alkyl halides is 3. The molecule has 9 atom stereocenters. The maximum absolute atomic E-state index is 16.7. The van der Waals surface area contributed by atoms with Gasteiger partial charge in [0.1, 0.15) is 6.17 Å². The third-order valence-electron chi connectivity index (χ3n) is 9.74. The first-order valence-electron chi connectivity index (χ1n) is 13.0. The van der Waals surface area contributed by atoms with Gasteiger partial charge in [-0.2, -0.15) is 0 Å². The summed E-state index contributed by atoms with van der Waals surface area (Å²) in [6, 6.07) is 0. The molecule has 0 heterocycles. The summed E-state index contributed by atoms with van der Waals surface area (Å²) in [6.07, 6.45) is 3.74. The number of hydrogen-bond donors (Lipinski definition) is 0. The lowest BCUT2D eigenvalue weighted by molar-refractivity contribution is -0.200. The van der Waals surface area contributed by atoms with Crippen LogP contribution in [0.15, 0.2) is 23.8 Å². The van der Waals surface area contributed by atoms with Crippen molar-refractivity contribution in [2.75, 3.05) is 6.61 Å². The molecule has 37 heavy (non-hydrogen) atoms. The van der Waals surface area contributed by atoms with Gasteiger partial charge in [0.05, 0.1) is 4.87 Å². The van der Waals surface area contributed by atoms with E-state index in [0.29, 0.717) is 18.4 Å². The molecule has 0 aromatic heterocycles. The number of carbonyl (C=O) groups excluding carboxylic acids is 4. The highest BCUT2D eigenvalue weighted by Gasteiger charge is 2.78. The predicted octanol–water partition coefficient (Wildman–Crippen LogP) is 5.28. The number of fused-ring (bicyclic) bond motifs is 5. The van der Waals surface area contributed by atoms with Crippen molar-refractivity contribution < 1.29 is 33.0 Å². The molecule has 0 saturated heterocycles. The molecule has 0 radical (unpaired) electrons. The summed E-state index contributed by atoms with van der Waals surface area (Å²) in [5, 5.41) is -0.600. The summed E-state index contributed by atoms with van der Waals surface area (Å²) in [4.78, 5) is 49.1. The standard InChI is InChI=1S/C28H35Cl2FO6/c1-6-22(34)36-14-21(33)28(37-23(35)7-2)15(3)10-18-24-19(29)12-16-11-17(32)8-9-25(16,4)27(24,30)20(31)13-26(18,28)5/h8-9,11,15,18-20,24H,6-7,10,12-14H2,1-5H3/t15-,18+,19-,20+,24-,25+,26+,27-,28-/m1/s1. The molecule has 6 nitrogen and oxygen atoms in total. The lowest BCUT2D eigenvalue weighted by Crippen LogP contribution is -2.70. The molecule has 3 saturated carbocycles. The van der Waals surface area contributed by atoms with Gasteiger partial charge in [-0.05, 0) is 37.3 Å². The summed E-state index contributed by atoms with van der Waals surface area (Å²) in [5.41, 5.74) is -3.09. The lowest BCUT2D eigenvalue weighted by Gasteiger charge is -2.64. The molecule has 4 rings (SSSR count). The molecule has 0 bridgehead atoms. The van der Waals surface area contributed by atoms with Gasteiger partial charge >= 0.3 is 11.9 Å². The van der Waals surface area contributed by atoms with Gasteiger partial charge in [0.15, 0.2) is 18.0 Å². The van der Waals surface area contributed by atoms with Crippen molar-refractivity contribution in [2.24, 2.45) is 28.6 Å². The number of carbonyl (C=O) groups is 4. The molecule has 9 heteroatoms. The first-order chi connectivity index (χ1) is 17.2. The molecule has 0 amide bonds. The minimum Gasteiger partial charge on any atom is -0.457 e. The topological polar surface area (TPSA) is 86.7 Å². The molecule has 204 valence electrons. The van der Waals surface area contributed by atoms with Gasteiger partial charge in [-0.1, -0.05) is 46.3 Å². The molecule has 0 aromatic carbocycles. The summed E-state index contributed by atoms with van der Waals surface area (Å²) in [5.74, 6) is -3.32. The number of ether oxygens (including phenoxy) is 2. The fourth-order valence-electron chi connectivity index (χ4n) is 7.88. The van der Waals surface area contributed by atoms with Crippen LogP contribution in [-0.4, -0.2) is 52.1 Å². The van der Waals surface area contributed by atoms with Crippen LogP contribution < -0.4 is 0 Å². The zero-order valence-corrected chi connectivity index (χ0v) is 23.5. The highest BCUT2D eigenvalue weighted by atomic mass is 35.5. The van der Waals surface area contributed by atoms with Crippen LogP contribution in [0.2, 0.25) is 0 Å². The van der Waals surface area contributed by atoms with Crippen molar-refractivity contribution in [3.8, 4) is 0 Å². The molecule has 4 aliphatic carbocycles. The van der Waals surface area contributed by atoms with Crippen molar-refractivity contribution >= 4 is 46.7 Å². The first-order valence-corrected chi connectivity index (χ1v) is 13.9. The molecular weight excluding hydrogens is 522 g/mol. The van der Waals surface area contributed by atoms with E-state index in [1.54, 1.807) is 26.8 Å². The third-order valence-corrected chi connectivity index (χ3v) is 11.0. The van der Waals surface area contributed by atoms with Crippen molar-refractivity contribution in [2.45, 2.75) is 88.7 Å². The van der Waals surface area contributed by atoms with E-state index in [1.807, 2.05) is 13.8 Å². The number of ketones is 2. The Morgan fingerprint density at radius 3 is 2.43 bits per heavy atom. The second-order valence-corrected chi connectivity index (χ2v) is 12.6. The molecule has 3 fully saturated rings. The highest BCUT2D eigenvalue weighted by Crippen LogP contribution is 2.73. The van der Waals surface area contributed by atoms with Crippen molar-refractivity contribution in [1.82, 2.24) is 0 Å². The fourth-order valence-corrected chi connectivity index (χ4v) is 9.05. The number of halogens is 3. The molecule has 0 N–H and O–H groups in total. The average Bonchev–Trinajstić information content (AvgIpc) is 3.05. The molecule has 0 aliphatic heterocycles. The van der Waals surface area contributed by atoms with Gasteiger partial charge in [-0.3, -0.25) is 19.2 Å². The van der Waals surface area contributed by atoms with Crippen LogP contribution in [0.3, 0.4) is 0 Å². The van der Waals surface area contributed by atoms with E-state index in [0.717, 1.165) is 0 Å². The Balaban J connectivity index is 1.84. The zero-order chi connectivity index (χ0) is 27.6. The summed E-state index contributed by atoms with van der Waals surface area (Å²) in [7, 11) is 0. The molecule has 0 spiro atoms. The van der Waals surface area contributed by atoms with Gasteiger partial charge in [0.2, 0.25) is 5.78 Å². The Hall–Kier alpha value is -1.73. The number of esters is 2. The van der Waals surface area contributed by atoms with Crippen LogP contribution in [0.1, 0.15) is 66.7 Å². The van der Waals surface area contributed by atoms with Crippen molar-refractivity contribution in [3.63, 3.8) is 0 Å². The van der Waals surface area contributed by atoms with Gasteiger partial charge in [0.25, 0.3) is 0 Å². The van der Waals surface area contributed by atoms with E-state index in [9.17, 15) is 19.2 Å². The highest BCUT2D eigenvalue weighted by molar-refractivity contribution is 6.28. The largest absolute Gasteiger partial charge is 0.457 e. The van der Waals surface area contributed by atoms with Crippen LogP contribution in [0.4, 0.5) is 4.39 Å². The van der Waals surface area contributed by atoms with Crippen LogP contribution >= 0.6 is 23.2 Å².